The molecular weight excluding hydrogens is 188 g/mol. The molecule has 0 aromatic carbocycles. The standard InChI is InChI=1S/C12H20N2O/c1-3-4-5-6-9-13-12(15)11-8-7-10-14(11)2/h7-8,10H,3-6,9H2,1-2H3,(H,13,15). The van der Waals surface area contributed by atoms with E-state index >= 15 is 0 Å². The number of carbonyl (C=O) groups excluding carboxylic acids is 1. The van der Waals surface area contributed by atoms with Crippen molar-refractivity contribution < 1.29 is 4.79 Å². The third-order valence-corrected chi connectivity index (χ3v) is 2.49. The molecule has 1 amide bonds. The van der Waals surface area contributed by atoms with Crippen molar-refractivity contribution in [2.24, 2.45) is 7.05 Å². The Labute approximate surface area is 91.5 Å². The predicted octanol–water partition coefficient (Wildman–Crippen LogP) is 2.34. The summed E-state index contributed by atoms with van der Waals surface area (Å²) in [4.78, 5) is 11.6. The van der Waals surface area contributed by atoms with Gasteiger partial charge in [-0.15, -0.1) is 0 Å². The summed E-state index contributed by atoms with van der Waals surface area (Å²) in [6.45, 7) is 2.96. The highest BCUT2D eigenvalue weighted by Crippen LogP contribution is 2.00. The van der Waals surface area contributed by atoms with Gasteiger partial charge in [-0.2, -0.15) is 0 Å². The average molecular weight is 208 g/mol. The normalized spacial score (nSPS) is 10.3. The van der Waals surface area contributed by atoms with Crippen LogP contribution in [0.5, 0.6) is 0 Å². The number of aromatic nitrogens is 1. The summed E-state index contributed by atoms with van der Waals surface area (Å²) in [5.41, 5.74) is 0.727. The largest absolute Gasteiger partial charge is 0.351 e. The van der Waals surface area contributed by atoms with Crippen LogP contribution in [0.4, 0.5) is 0 Å². The van der Waals surface area contributed by atoms with Crippen molar-refractivity contribution in [3.05, 3.63) is 24.0 Å². The van der Waals surface area contributed by atoms with Crippen LogP contribution in [0.25, 0.3) is 0 Å². The van der Waals surface area contributed by atoms with Crippen LogP contribution in [-0.4, -0.2) is 17.0 Å². The van der Waals surface area contributed by atoms with Gasteiger partial charge in [-0.25, -0.2) is 0 Å². The molecule has 15 heavy (non-hydrogen) atoms. The lowest BCUT2D eigenvalue weighted by Gasteiger charge is -2.05. The number of aryl methyl sites for hydroxylation is 1. The van der Waals surface area contributed by atoms with E-state index in [2.05, 4.69) is 12.2 Å². The number of nitrogens with one attached hydrogen (secondary N) is 1. The minimum atomic E-state index is 0.0269. The van der Waals surface area contributed by atoms with E-state index in [0.717, 1.165) is 18.7 Å². The first-order valence-electron chi connectivity index (χ1n) is 5.65. The summed E-state index contributed by atoms with van der Waals surface area (Å²) in [7, 11) is 1.88. The van der Waals surface area contributed by atoms with E-state index in [0.29, 0.717) is 0 Å². The quantitative estimate of drug-likeness (QED) is 0.715. The maximum absolute atomic E-state index is 11.6. The first-order valence-corrected chi connectivity index (χ1v) is 5.65. The van der Waals surface area contributed by atoms with Gasteiger partial charge in [0.05, 0.1) is 0 Å². The molecule has 0 aliphatic heterocycles. The highest BCUT2D eigenvalue weighted by molar-refractivity contribution is 5.92. The van der Waals surface area contributed by atoms with Gasteiger partial charge in [-0.1, -0.05) is 26.2 Å². The van der Waals surface area contributed by atoms with Crippen molar-refractivity contribution in [1.29, 1.82) is 0 Å². The highest BCUT2D eigenvalue weighted by Gasteiger charge is 2.06. The topological polar surface area (TPSA) is 34.0 Å². The Morgan fingerprint density at radius 2 is 2.20 bits per heavy atom. The van der Waals surface area contributed by atoms with Crippen LogP contribution in [0.2, 0.25) is 0 Å². The molecule has 0 aliphatic carbocycles. The molecule has 3 nitrogen and oxygen atoms in total. The van der Waals surface area contributed by atoms with E-state index in [-0.39, 0.29) is 5.91 Å². The summed E-state index contributed by atoms with van der Waals surface area (Å²) < 4.78 is 1.83. The van der Waals surface area contributed by atoms with E-state index in [1.807, 2.05) is 29.9 Å². The molecule has 0 unspecified atom stereocenters. The monoisotopic (exact) mass is 208 g/mol. The zero-order valence-corrected chi connectivity index (χ0v) is 9.62. The first-order chi connectivity index (χ1) is 7.25. The summed E-state index contributed by atoms with van der Waals surface area (Å²) in [6, 6.07) is 3.72. The van der Waals surface area contributed by atoms with Crippen molar-refractivity contribution in [2.45, 2.75) is 32.6 Å². The Balaban J connectivity index is 2.22. The fourth-order valence-electron chi connectivity index (χ4n) is 1.54. The van der Waals surface area contributed by atoms with Gasteiger partial charge in [0, 0.05) is 19.8 Å². The second-order valence-electron chi connectivity index (χ2n) is 3.82. The summed E-state index contributed by atoms with van der Waals surface area (Å²) in [5.74, 6) is 0.0269. The molecule has 1 rings (SSSR count). The van der Waals surface area contributed by atoms with Gasteiger partial charge >= 0.3 is 0 Å². The van der Waals surface area contributed by atoms with Gasteiger partial charge in [0.15, 0.2) is 0 Å². The van der Waals surface area contributed by atoms with E-state index in [1.54, 1.807) is 0 Å². The summed E-state index contributed by atoms with van der Waals surface area (Å²) >= 11 is 0. The Hall–Kier alpha value is -1.25. The smallest absolute Gasteiger partial charge is 0.267 e. The zero-order valence-electron chi connectivity index (χ0n) is 9.62. The predicted molar refractivity (Wildman–Crippen MR) is 61.9 cm³/mol. The van der Waals surface area contributed by atoms with Crippen molar-refractivity contribution in [3.8, 4) is 0 Å². The molecule has 0 aliphatic rings. The van der Waals surface area contributed by atoms with Crippen LogP contribution in [0.1, 0.15) is 43.1 Å². The van der Waals surface area contributed by atoms with Crippen molar-refractivity contribution in [1.82, 2.24) is 9.88 Å². The fourth-order valence-corrected chi connectivity index (χ4v) is 1.54. The molecule has 84 valence electrons. The SMILES string of the molecule is CCCCCCNC(=O)c1cccn1C. The van der Waals surface area contributed by atoms with Crippen LogP contribution < -0.4 is 5.32 Å². The minimum Gasteiger partial charge on any atom is -0.351 e. The molecule has 1 N–H and O–H groups in total. The minimum absolute atomic E-state index is 0.0269. The Bertz CT molecular complexity index is 304. The number of hydrogen-bond donors (Lipinski definition) is 1. The van der Waals surface area contributed by atoms with Gasteiger partial charge in [0.2, 0.25) is 0 Å². The van der Waals surface area contributed by atoms with Gasteiger partial charge < -0.3 is 9.88 Å². The lowest BCUT2D eigenvalue weighted by Crippen LogP contribution is -2.26. The molecule has 0 bridgehead atoms. The maximum Gasteiger partial charge on any atom is 0.267 e. The van der Waals surface area contributed by atoms with Crippen molar-refractivity contribution in [3.63, 3.8) is 0 Å². The maximum atomic E-state index is 11.6. The van der Waals surface area contributed by atoms with E-state index < -0.39 is 0 Å². The molecule has 1 aromatic heterocycles. The number of rotatable bonds is 6. The molecule has 3 heteroatoms. The van der Waals surface area contributed by atoms with Crippen LogP contribution in [0, 0.1) is 0 Å². The Kier molecular flexibility index (Phi) is 4.95. The molecule has 0 saturated carbocycles. The second-order valence-corrected chi connectivity index (χ2v) is 3.82. The van der Waals surface area contributed by atoms with Gasteiger partial charge in [0.25, 0.3) is 5.91 Å². The molecule has 1 aromatic rings. The average Bonchev–Trinajstić information content (AvgIpc) is 2.64. The van der Waals surface area contributed by atoms with Crippen molar-refractivity contribution in [2.75, 3.05) is 6.54 Å². The van der Waals surface area contributed by atoms with Crippen LogP contribution in [0.15, 0.2) is 18.3 Å². The molecule has 0 spiro atoms. The lowest BCUT2D eigenvalue weighted by atomic mass is 10.2. The summed E-state index contributed by atoms with van der Waals surface area (Å²) in [6.07, 6.45) is 6.63. The third-order valence-electron chi connectivity index (χ3n) is 2.49. The highest BCUT2D eigenvalue weighted by atomic mass is 16.1. The molecule has 0 fully saturated rings. The zero-order chi connectivity index (χ0) is 11.1. The first kappa shape index (κ1) is 11.8. The van der Waals surface area contributed by atoms with Gasteiger partial charge in [0.1, 0.15) is 5.69 Å². The number of amides is 1. The number of carbonyl (C=O) groups is 1. The molecule has 1 heterocycles. The number of nitrogens with zero attached hydrogens (tertiary/aromatic N) is 1. The summed E-state index contributed by atoms with van der Waals surface area (Å²) in [5, 5.41) is 2.93. The Morgan fingerprint density at radius 1 is 1.40 bits per heavy atom. The lowest BCUT2D eigenvalue weighted by molar-refractivity contribution is 0.0945. The molecule has 0 atom stereocenters. The fraction of sp³-hybridized carbons (Fsp3) is 0.583. The number of hydrogen-bond acceptors (Lipinski definition) is 1. The van der Waals surface area contributed by atoms with Crippen LogP contribution in [0.3, 0.4) is 0 Å². The molecule has 0 radical (unpaired) electrons. The van der Waals surface area contributed by atoms with Gasteiger partial charge in [-0.3, -0.25) is 4.79 Å². The van der Waals surface area contributed by atoms with Crippen LogP contribution >= 0.6 is 0 Å². The second kappa shape index (κ2) is 6.27. The molecular formula is C12H20N2O. The van der Waals surface area contributed by atoms with E-state index in [1.165, 1.54) is 19.3 Å². The molecule has 0 saturated heterocycles. The van der Waals surface area contributed by atoms with Crippen LogP contribution in [-0.2, 0) is 7.05 Å². The van der Waals surface area contributed by atoms with E-state index in [4.69, 9.17) is 0 Å². The third kappa shape index (κ3) is 3.78. The number of unbranched alkanes of at least 4 members (excludes halogenated alkanes) is 3. The van der Waals surface area contributed by atoms with Gasteiger partial charge in [-0.05, 0) is 18.6 Å². The van der Waals surface area contributed by atoms with E-state index in [9.17, 15) is 4.79 Å². The van der Waals surface area contributed by atoms with Crippen molar-refractivity contribution >= 4 is 5.91 Å². The Morgan fingerprint density at radius 3 is 2.80 bits per heavy atom.